The minimum atomic E-state index is 0.377. The van der Waals surface area contributed by atoms with Crippen LogP contribution in [0.25, 0.3) is 22.9 Å². The van der Waals surface area contributed by atoms with Gasteiger partial charge >= 0.3 is 0 Å². The van der Waals surface area contributed by atoms with Gasteiger partial charge in [-0.1, -0.05) is 36.8 Å². The van der Waals surface area contributed by atoms with Crippen LogP contribution in [-0.2, 0) is 19.5 Å². The van der Waals surface area contributed by atoms with Gasteiger partial charge in [0.2, 0.25) is 0 Å². The number of nitrogens with zero attached hydrogens (tertiary/aromatic N) is 7. The molecule has 7 nitrogen and oxygen atoms in total. The summed E-state index contributed by atoms with van der Waals surface area (Å²) in [4.78, 5) is 0. The van der Waals surface area contributed by atoms with Gasteiger partial charge in [-0.25, -0.2) is 0 Å². The van der Waals surface area contributed by atoms with E-state index >= 15 is 0 Å². The van der Waals surface area contributed by atoms with Crippen molar-refractivity contribution < 1.29 is 0 Å². The Kier molecular flexibility index (Phi) is 5.49. The van der Waals surface area contributed by atoms with Crippen LogP contribution in [0.3, 0.4) is 0 Å². The van der Waals surface area contributed by atoms with Crippen LogP contribution in [0, 0.1) is 22.7 Å². The van der Waals surface area contributed by atoms with Gasteiger partial charge in [0.05, 0.1) is 30.3 Å². The van der Waals surface area contributed by atoms with E-state index in [0.717, 1.165) is 54.9 Å². The Morgan fingerprint density at radius 2 is 1.97 bits per heavy atom. The second kappa shape index (κ2) is 8.53. The average molecular weight is 383 g/mol. The van der Waals surface area contributed by atoms with Crippen LogP contribution in [0.2, 0.25) is 0 Å². The van der Waals surface area contributed by atoms with Crippen LogP contribution in [0.4, 0.5) is 0 Å². The maximum Gasteiger partial charge on any atom is 0.174 e. The molecule has 0 amide bonds. The quantitative estimate of drug-likeness (QED) is 0.624. The summed E-state index contributed by atoms with van der Waals surface area (Å²) in [6.07, 6.45) is 8.33. The number of fused-ring (bicyclic) bond motifs is 1. The van der Waals surface area contributed by atoms with Crippen LogP contribution >= 0.6 is 0 Å². The summed E-state index contributed by atoms with van der Waals surface area (Å²) in [7, 11) is 0. The number of aromatic nitrogens is 5. The van der Waals surface area contributed by atoms with E-state index in [1.165, 1.54) is 0 Å². The summed E-state index contributed by atoms with van der Waals surface area (Å²) < 4.78 is 3.83. The highest BCUT2D eigenvalue weighted by molar-refractivity contribution is 5.90. The molecular formula is C22H21N7. The fraction of sp³-hybridized carbons (Fsp3) is 0.318. The third-order valence-corrected chi connectivity index (χ3v) is 5.06. The molecule has 4 rings (SSSR count). The van der Waals surface area contributed by atoms with Crippen molar-refractivity contribution in [3.8, 4) is 23.4 Å². The van der Waals surface area contributed by atoms with Crippen molar-refractivity contribution in [3.63, 3.8) is 0 Å². The molecule has 29 heavy (non-hydrogen) atoms. The normalized spacial score (nSPS) is 13.9. The molecule has 0 bridgehead atoms. The highest BCUT2D eigenvalue weighted by Crippen LogP contribution is 2.27. The predicted octanol–water partition coefficient (Wildman–Crippen LogP) is 3.85. The Morgan fingerprint density at radius 1 is 1.10 bits per heavy atom. The zero-order chi connectivity index (χ0) is 20.1. The van der Waals surface area contributed by atoms with Gasteiger partial charge in [0.15, 0.2) is 5.82 Å². The standard InChI is InChI=1S/C22H21N7/c23-11-7-12-28-16-19(21(27-28)17-8-3-1-4-9-17)14-18(15-24)22-26-25-20-10-5-2-6-13-29(20)22/h1,3-4,8-9,14,16H,2,5-7,10,12-13H2/b18-14+. The maximum absolute atomic E-state index is 9.87. The van der Waals surface area contributed by atoms with Crippen molar-refractivity contribution in [2.45, 2.75) is 45.2 Å². The monoisotopic (exact) mass is 383 g/mol. The van der Waals surface area contributed by atoms with E-state index in [1.807, 2.05) is 42.6 Å². The lowest BCUT2D eigenvalue weighted by atomic mass is 10.1. The van der Waals surface area contributed by atoms with Crippen LogP contribution in [-0.4, -0.2) is 24.5 Å². The molecule has 0 N–H and O–H groups in total. The van der Waals surface area contributed by atoms with Crippen LogP contribution in [0.1, 0.15) is 42.9 Å². The van der Waals surface area contributed by atoms with Crippen LogP contribution in [0.15, 0.2) is 36.5 Å². The molecule has 0 saturated heterocycles. The molecule has 3 heterocycles. The topological polar surface area (TPSA) is 96.1 Å². The molecule has 0 fully saturated rings. The third kappa shape index (κ3) is 3.95. The Labute approximate surface area is 169 Å². The van der Waals surface area contributed by atoms with E-state index in [4.69, 9.17) is 5.26 Å². The Hall–Kier alpha value is -3.71. The van der Waals surface area contributed by atoms with Gasteiger partial charge in [-0.3, -0.25) is 4.68 Å². The van der Waals surface area contributed by atoms with Crippen molar-refractivity contribution in [2.75, 3.05) is 0 Å². The smallest absolute Gasteiger partial charge is 0.174 e. The summed E-state index contributed by atoms with van der Waals surface area (Å²) in [6.45, 7) is 1.34. The molecule has 7 heteroatoms. The fourth-order valence-corrected chi connectivity index (χ4v) is 3.63. The van der Waals surface area contributed by atoms with E-state index in [2.05, 4.69) is 32.0 Å². The van der Waals surface area contributed by atoms with E-state index in [0.29, 0.717) is 24.4 Å². The lowest BCUT2D eigenvalue weighted by Crippen LogP contribution is -2.05. The predicted molar refractivity (Wildman–Crippen MR) is 109 cm³/mol. The first-order valence-electron chi connectivity index (χ1n) is 9.84. The zero-order valence-electron chi connectivity index (χ0n) is 16.1. The molecule has 0 atom stereocenters. The Morgan fingerprint density at radius 3 is 2.76 bits per heavy atom. The van der Waals surface area contributed by atoms with Crippen LogP contribution in [0.5, 0.6) is 0 Å². The number of benzene rings is 1. The Bertz CT molecular complexity index is 1110. The first kappa shape index (κ1) is 18.6. The summed E-state index contributed by atoms with van der Waals surface area (Å²) in [5.74, 6) is 1.57. The maximum atomic E-state index is 9.87. The minimum absolute atomic E-state index is 0.377. The average Bonchev–Trinajstić information content (AvgIpc) is 3.27. The zero-order valence-corrected chi connectivity index (χ0v) is 16.1. The van der Waals surface area contributed by atoms with Gasteiger partial charge in [-0.2, -0.15) is 15.6 Å². The van der Waals surface area contributed by atoms with Crippen molar-refractivity contribution in [3.05, 3.63) is 53.7 Å². The van der Waals surface area contributed by atoms with Crippen molar-refractivity contribution in [1.29, 1.82) is 10.5 Å². The van der Waals surface area contributed by atoms with Gasteiger partial charge in [-0.05, 0) is 18.9 Å². The highest BCUT2D eigenvalue weighted by Gasteiger charge is 2.19. The molecule has 2 aromatic heterocycles. The number of allylic oxidation sites excluding steroid dienone is 1. The third-order valence-electron chi connectivity index (χ3n) is 5.06. The lowest BCUT2D eigenvalue weighted by molar-refractivity contribution is 0.627. The molecule has 1 aliphatic rings. The number of hydrogen-bond donors (Lipinski definition) is 0. The number of hydrogen-bond acceptors (Lipinski definition) is 5. The molecule has 1 aromatic carbocycles. The Balaban J connectivity index is 1.78. The molecule has 0 spiro atoms. The highest BCUT2D eigenvalue weighted by atomic mass is 15.3. The molecule has 144 valence electrons. The molecule has 0 aliphatic carbocycles. The fourth-order valence-electron chi connectivity index (χ4n) is 3.63. The number of nitriles is 2. The van der Waals surface area contributed by atoms with Crippen molar-refractivity contribution >= 4 is 11.6 Å². The largest absolute Gasteiger partial charge is 0.310 e. The molecule has 0 saturated carbocycles. The van der Waals surface area contributed by atoms with Gasteiger partial charge in [0.25, 0.3) is 0 Å². The second-order valence-corrected chi connectivity index (χ2v) is 7.04. The SMILES string of the molecule is N#CCCn1cc(/C=C(\C#N)c2nnc3n2CCCCC3)c(-c2ccccc2)n1. The minimum Gasteiger partial charge on any atom is -0.310 e. The van der Waals surface area contributed by atoms with Crippen molar-refractivity contribution in [1.82, 2.24) is 24.5 Å². The van der Waals surface area contributed by atoms with Gasteiger partial charge < -0.3 is 4.57 Å². The van der Waals surface area contributed by atoms with Crippen molar-refractivity contribution in [2.24, 2.45) is 0 Å². The van der Waals surface area contributed by atoms with Crippen LogP contribution < -0.4 is 0 Å². The molecule has 0 unspecified atom stereocenters. The van der Waals surface area contributed by atoms with E-state index < -0.39 is 0 Å². The van der Waals surface area contributed by atoms with E-state index in [9.17, 15) is 5.26 Å². The summed E-state index contributed by atoms with van der Waals surface area (Å²) in [6, 6.07) is 14.3. The summed E-state index contributed by atoms with van der Waals surface area (Å²) in [5, 5.41) is 32.1. The van der Waals surface area contributed by atoms with E-state index in [1.54, 1.807) is 4.68 Å². The van der Waals surface area contributed by atoms with E-state index in [-0.39, 0.29) is 0 Å². The molecule has 1 aliphatic heterocycles. The lowest BCUT2D eigenvalue weighted by Gasteiger charge is -2.06. The number of rotatable bonds is 5. The second-order valence-electron chi connectivity index (χ2n) is 7.04. The van der Waals surface area contributed by atoms with Gasteiger partial charge in [0, 0.05) is 30.3 Å². The molecular weight excluding hydrogens is 362 g/mol. The molecule has 0 radical (unpaired) electrons. The first-order valence-corrected chi connectivity index (χ1v) is 9.84. The van der Waals surface area contributed by atoms with Gasteiger partial charge in [-0.15, -0.1) is 10.2 Å². The molecule has 3 aromatic rings. The summed E-state index contributed by atoms with van der Waals surface area (Å²) >= 11 is 0. The van der Waals surface area contributed by atoms with Gasteiger partial charge in [0.1, 0.15) is 11.9 Å². The first-order chi connectivity index (χ1) is 14.3. The number of aryl methyl sites for hydroxylation is 2. The summed E-state index contributed by atoms with van der Waals surface area (Å²) in [5.41, 5.74) is 3.05.